The molecule has 0 unspecified atom stereocenters. The molecule has 0 saturated carbocycles. The van der Waals surface area contributed by atoms with Crippen molar-refractivity contribution in [2.24, 2.45) is 0 Å². The van der Waals surface area contributed by atoms with Gasteiger partial charge >= 0.3 is 0 Å². The number of rotatable bonds is 8. The lowest BCUT2D eigenvalue weighted by Crippen LogP contribution is -2.36. The maximum Gasteiger partial charge on any atom is 0.290 e. The molecule has 0 amide bonds. The van der Waals surface area contributed by atoms with Crippen molar-refractivity contribution in [3.63, 3.8) is 0 Å². The van der Waals surface area contributed by atoms with Gasteiger partial charge in [0, 0.05) is 25.5 Å². The van der Waals surface area contributed by atoms with Crippen molar-refractivity contribution in [3.05, 3.63) is 48.5 Å². The van der Waals surface area contributed by atoms with Gasteiger partial charge in [-0.25, -0.2) is 4.98 Å². The van der Waals surface area contributed by atoms with Crippen LogP contribution in [0.15, 0.2) is 42.9 Å². The highest BCUT2D eigenvalue weighted by Crippen LogP contribution is 2.30. The number of hydrogen-bond acceptors (Lipinski definition) is 6. The fourth-order valence-corrected chi connectivity index (χ4v) is 3.51. The maximum absolute atomic E-state index is 8.36. The van der Waals surface area contributed by atoms with E-state index in [0.29, 0.717) is 6.61 Å². The van der Waals surface area contributed by atoms with Crippen LogP contribution in [0, 0.1) is 6.92 Å². The van der Waals surface area contributed by atoms with Crippen molar-refractivity contribution in [2.75, 3.05) is 39.5 Å². The van der Waals surface area contributed by atoms with Crippen LogP contribution in [0.2, 0.25) is 0 Å². The third-order valence-electron chi connectivity index (χ3n) is 5.06. The molecule has 9 heteroatoms. The van der Waals surface area contributed by atoms with Gasteiger partial charge in [-0.05, 0) is 38.4 Å². The first-order valence-corrected chi connectivity index (χ1v) is 10.4. The van der Waals surface area contributed by atoms with Gasteiger partial charge in [-0.2, -0.15) is 5.10 Å². The van der Waals surface area contributed by atoms with E-state index in [1.54, 1.807) is 6.20 Å². The van der Waals surface area contributed by atoms with Gasteiger partial charge in [-0.15, -0.1) is 0 Å². The Morgan fingerprint density at radius 3 is 2.77 bits per heavy atom. The Hall–Kier alpha value is -3.17. The molecule has 1 saturated heterocycles. The molecule has 3 aromatic rings. The Balaban J connectivity index is 0.000000858. The van der Waals surface area contributed by atoms with Crippen LogP contribution in [-0.2, 0) is 9.53 Å². The van der Waals surface area contributed by atoms with Crippen LogP contribution in [0.4, 0.5) is 0 Å². The second kappa shape index (κ2) is 11.9. The highest BCUT2D eigenvalue weighted by Gasteiger charge is 2.15. The standard InChI is InChI=1S/C21H27N5O2.CH2O2/c1-17-19(16-23-24-17)26-10-8-22-21(26)18-6-2-3-7-20(18)28-13-5-4-9-25-11-14-27-15-12-25;2-1-3/h2-3,6-8,10,16H,4-5,9,11-15H2,1H3,(H,23,24);1H,(H,2,3). The SMILES string of the molecule is Cc1[nH]ncc1-n1ccnc1-c1ccccc1OCCCCN1CCOCC1.O=CO. The molecule has 1 aromatic carbocycles. The van der Waals surface area contributed by atoms with Crippen LogP contribution in [0.3, 0.4) is 0 Å². The number of H-pyrrole nitrogens is 1. The lowest BCUT2D eigenvalue weighted by Gasteiger charge is -2.26. The van der Waals surface area contributed by atoms with E-state index < -0.39 is 0 Å². The third-order valence-corrected chi connectivity index (χ3v) is 5.06. The third kappa shape index (κ3) is 6.16. The van der Waals surface area contributed by atoms with Gasteiger partial charge in [0.05, 0.1) is 43.0 Å². The van der Waals surface area contributed by atoms with Crippen LogP contribution >= 0.6 is 0 Å². The quantitative estimate of drug-likeness (QED) is 0.421. The normalized spacial score (nSPS) is 14.0. The Morgan fingerprint density at radius 1 is 1.26 bits per heavy atom. The van der Waals surface area contributed by atoms with Crippen LogP contribution in [0.1, 0.15) is 18.5 Å². The molecule has 166 valence electrons. The number of aromatic nitrogens is 4. The van der Waals surface area contributed by atoms with E-state index in [4.69, 9.17) is 19.4 Å². The van der Waals surface area contributed by atoms with Crippen molar-refractivity contribution in [2.45, 2.75) is 19.8 Å². The van der Waals surface area contributed by atoms with E-state index in [0.717, 1.165) is 74.2 Å². The molecule has 0 spiro atoms. The summed E-state index contributed by atoms with van der Waals surface area (Å²) in [5, 5.41) is 14.0. The number of morpholine rings is 1. The topological polar surface area (TPSA) is 106 Å². The number of carbonyl (C=O) groups is 1. The highest BCUT2D eigenvalue weighted by atomic mass is 16.5. The molecule has 3 heterocycles. The molecule has 1 aliphatic rings. The molecule has 0 aliphatic carbocycles. The molecule has 1 aliphatic heterocycles. The number of aromatic amines is 1. The molecule has 4 rings (SSSR count). The van der Waals surface area contributed by atoms with E-state index in [9.17, 15) is 0 Å². The lowest BCUT2D eigenvalue weighted by atomic mass is 10.2. The molecular weight excluding hydrogens is 398 g/mol. The summed E-state index contributed by atoms with van der Waals surface area (Å²) in [4.78, 5) is 15.4. The summed E-state index contributed by atoms with van der Waals surface area (Å²) in [6.07, 6.45) is 7.73. The van der Waals surface area contributed by atoms with Crippen LogP contribution in [0.5, 0.6) is 5.75 Å². The van der Waals surface area contributed by atoms with Gasteiger partial charge in [0.1, 0.15) is 11.6 Å². The van der Waals surface area contributed by atoms with E-state index in [1.165, 1.54) is 0 Å². The Morgan fingerprint density at radius 2 is 2.03 bits per heavy atom. The van der Waals surface area contributed by atoms with Gasteiger partial charge in [-0.3, -0.25) is 19.4 Å². The summed E-state index contributed by atoms with van der Waals surface area (Å²) in [6.45, 7) is 7.35. The predicted molar refractivity (Wildman–Crippen MR) is 117 cm³/mol. The first-order chi connectivity index (χ1) is 15.2. The number of imidazole rings is 1. The van der Waals surface area contributed by atoms with Crippen molar-refractivity contribution >= 4 is 6.47 Å². The number of benzene rings is 1. The largest absolute Gasteiger partial charge is 0.493 e. The molecule has 9 nitrogen and oxygen atoms in total. The molecular formula is C22H29N5O4. The van der Waals surface area contributed by atoms with Gasteiger partial charge in [-0.1, -0.05) is 12.1 Å². The first-order valence-electron chi connectivity index (χ1n) is 10.4. The molecule has 31 heavy (non-hydrogen) atoms. The van der Waals surface area contributed by atoms with Crippen molar-refractivity contribution < 1.29 is 19.4 Å². The second-order valence-corrected chi connectivity index (χ2v) is 7.11. The minimum Gasteiger partial charge on any atom is -0.493 e. The number of ether oxygens (including phenoxy) is 2. The van der Waals surface area contributed by atoms with Gasteiger partial charge in [0.25, 0.3) is 6.47 Å². The zero-order chi connectivity index (χ0) is 21.9. The summed E-state index contributed by atoms with van der Waals surface area (Å²) in [5.74, 6) is 1.72. The predicted octanol–water partition coefficient (Wildman–Crippen LogP) is 2.76. The number of nitrogens with zero attached hydrogens (tertiary/aromatic N) is 4. The average Bonchev–Trinajstić information content (AvgIpc) is 3.43. The first kappa shape index (κ1) is 22.5. The van der Waals surface area contributed by atoms with Crippen molar-refractivity contribution in [1.29, 1.82) is 0 Å². The smallest absolute Gasteiger partial charge is 0.290 e. The molecule has 0 atom stereocenters. The van der Waals surface area contributed by atoms with E-state index >= 15 is 0 Å². The highest BCUT2D eigenvalue weighted by molar-refractivity contribution is 5.66. The molecule has 2 N–H and O–H groups in total. The zero-order valence-corrected chi connectivity index (χ0v) is 17.7. The van der Waals surface area contributed by atoms with Gasteiger partial charge in [0.2, 0.25) is 0 Å². The summed E-state index contributed by atoms with van der Waals surface area (Å²) in [5.41, 5.74) is 2.98. The molecule has 0 bridgehead atoms. The molecule has 1 fully saturated rings. The fraction of sp³-hybridized carbons (Fsp3) is 0.409. The monoisotopic (exact) mass is 427 g/mol. The van der Waals surface area contributed by atoms with Crippen LogP contribution in [-0.4, -0.2) is 75.7 Å². The van der Waals surface area contributed by atoms with E-state index in [1.807, 2.05) is 42.1 Å². The fourth-order valence-electron chi connectivity index (χ4n) is 3.51. The zero-order valence-electron chi connectivity index (χ0n) is 17.7. The summed E-state index contributed by atoms with van der Waals surface area (Å²) >= 11 is 0. The second-order valence-electron chi connectivity index (χ2n) is 7.11. The summed E-state index contributed by atoms with van der Waals surface area (Å²) in [6, 6.07) is 8.08. The van der Waals surface area contributed by atoms with E-state index in [2.05, 4.69) is 26.1 Å². The molecule has 2 aromatic heterocycles. The Kier molecular flexibility index (Phi) is 8.62. The van der Waals surface area contributed by atoms with Crippen LogP contribution < -0.4 is 4.74 Å². The minimum atomic E-state index is -0.250. The Bertz CT molecular complexity index is 933. The summed E-state index contributed by atoms with van der Waals surface area (Å²) in [7, 11) is 0. The van der Waals surface area contributed by atoms with Crippen molar-refractivity contribution in [3.8, 4) is 22.8 Å². The maximum atomic E-state index is 8.36. The lowest BCUT2D eigenvalue weighted by molar-refractivity contribution is -0.122. The average molecular weight is 428 g/mol. The van der Waals surface area contributed by atoms with Crippen molar-refractivity contribution in [1.82, 2.24) is 24.6 Å². The Labute approximate surface area is 181 Å². The number of nitrogens with one attached hydrogen (secondary N) is 1. The number of para-hydroxylation sites is 1. The minimum absolute atomic E-state index is 0.250. The summed E-state index contributed by atoms with van der Waals surface area (Å²) < 4.78 is 13.6. The van der Waals surface area contributed by atoms with Crippen LogP contribution in [0.25, 0.3) is 17.1 Å². The van der Waals surface area contributed by atoms with Gasteiger partial charge < -0.3 is 14.6 Å². The number of unbranched alkanes of at least 4 members (excludes halogenated alkanes) is 1. The number of carboxylic acid groups (broad SMARTS) is 1. The van der Waals surface area contributed by atoms with Gasteiger partial charge in [0.15, 0.2) is 0 Å². The number of aryl methyl sites for hydroxylation is 1. The molecule has 0 radical (unpaired) electrons. The van der Waals surface area contributed by atoms with E-state index in [-0.39, 0.29) is 6.47 Å². The number of hydrogen-bond donors (Lipinski definition) is 2.